The third-order valence-electron chi connectivity index (χ3n) is 3.04. The Balaban J connectivity index is 2.49. The van der Waals surface area contributed by atoms with E-state index in [0.29, 0.717) is 6.42 Å². The van der Waals surface area contributed by atoms with Crippen molar-refractivity contribution in [1.82, 2.24) is 9.55 Å². The molecule has 0 saturated heterocycles. The van der Waals surface area contributed by atoms with Crippen molar-refractivity contribution < 1.29 is 0 Å². The Hall–Kier alpha value is -2.08. The highest BCUT2D eigenvalue weighted by Crippen LogP contribution is 2.21. The summed E-state index contributed by atoms with van der Waals surface area (Å²) in [6.07, 6.45) is 0.367. The van der Waals surface area contributed by atoms with E-state index < -0.39 is 0 Å². The van der Waals surface area contributed by atoms with Crippen LogP contribution in [0.4, 0.5) is 0 Å². The fourth-order valence-corrected chi connectivity index (χ4v) is 1.84. The third-order valence-corrected chi connectivity index (χ3v) is 3.04. The predicted octanol–water partition coefficient (Wildman–Crippen LogP) is 2.77. The number of aromatic nitrogens is 2. The zero-order valence-electron chi connectivity index (χ0n) is 10.4. The lowest BCUT2D eigenvalue weighted by Gasteiger charge is -2.03. The smallest absolute Gasteiger partial charge is 0.140 e. The highest BCUT2D eigenvalue weighted by molar-refractivity contribution is 5.57. The molecule has 0 unspecified atom stereocenters. The van der Waals surface area contributed by atoms with Gasteiger partial charge in [-0.05, 0) is 13.8 Å². The van der Waals surface area contributed by atoms with Crippen LogP contribution in [0.2, 0.25) is 0 Å². The third kappa shape index (κ3) is 2.07. The molecule has 3 heteroatoms. The summed E-state index contributed by atoms with van der Waals surface area (Å²) < 4.78 is 2.04. The van der Waals surface area contributed by atoms with Crippen molar-refractivity contribution >= 4 is 0 Å². The number of benzene rings is 1. The lowest BCUT2D eigenvalue weighted by Crippen LogP contribution is -1.95. The fourth-order valence-electron chi connectivity index (χ4n) is 1.84. The van der Waals surface area contributed by atoms with Crippen LogP contribution in [0.3, 0.4) is 0 Å². The van der Waals surface area contributed by atoms with Crippen molar-refractivity contribution in [3.63, 3.8) is 0 Å². The number of imidazole rings is 1. The zero-order valence-corrected chi connectivity index (χ0v) is 10.4. The molecule has 86 valence electrons. The van der Waals surface area contributed by atoms with E-state index in [4.69, 9.17) is 5.26 Å². The van der Waals surface area contributed by atoms with E-state index >= 15 is 0 Å². The van der Waals surface area contributed by atoms with Crippen LogP contribution in [-0.4, -0.2) is 9.55 Å². The first-order valence-corrected chi connectivity index (χ1v) is 5.59. The molecule has 0 saturated carbocycles. The second-order valence-electron chi connectivity index (χ2n) is 4.23. The molecule has 0 bridgehead atoms. The summed E-state index contributed by atoms with van der Waals surface area (Å²) in [5.41, 5.74) is 4.25. The van der Waals surface area contributed by atoms with Gasteiger partial charge in [0.25, 0.3) is 0 Å². The molecule has 1 heterocycles. The Bertz CT molecular complexity index is 571. The van der Waals surface area contributed by atoms with Crippen LogP contribution in [0.15, 0.2) is 24.3 Å². The first-order chi connectivity index (χ1) is 8.13. The van der Waals surface area contributed by atoms with Gasteiger partial charge in [0.1, 0.15) is 5.82 Å². The second-order valence-corrected chi connectivity index (χ2v) is 4.23. The molecule has 0 aliphatic heterocycles. The molecule has 2 rings (SSSR count). The van der Waals surface area contributed by atoms with Gasteiger partial charge in [-0.1, -0.05) is 29.8 Å². The van der Waals surface area contributed by atoms with Crippen LogP contribution >= 0.6 is 0 Å². The van der Waals surface area contributed by atoms with Crippen LogP contribution in [0.5, 0.6) is 0 Å². The molecule has 2 aromatic rings. The number of rotatable bonds is 2. The molecule has 1 aromatic heterocycles. The van der Waals surface area contributed by atoms with Crippen LogP contribution in [0.1, 0.15) is 17.0 Å². The monoisotopic (exact) mass is 225 g/mol. The Kier molecular flexibility index (Phi) is 2.97. The molecule has 0 spiro atoms. The van der Waals surface area contributed by atoms with Gasteiger partial charge < -0.3 is 4.57 Å². The first kappa shape index (κ1) is 11.4. The van der Waals surface area contributed by atoms with Gasteiger partial charge in [-0.25, -0.2) is 4.98 Å². The van der Waals surface area contributed by atoms with Gasteiger partial charge in [0.15, 0.2) is 0 Å². The van der Waals surface area contributed by atoms with Crippen molar-refractivity contribution in [3.05, 3.63) is 41.2 Å². The summed E-state index contributed by atoms with van der Waals surface area (Å²) in [7, 11) is 1.98. The van der Waals surface area contributed by atoms with E-state index in [1.807, 2.05) is 18.5 Å². The number of nitriles is 1. The summed E-state index contributed by atoms with van der Waals surface area (Å²) in [6.45, 7) is 4.06. The molecule has 0 radical (unpaired) electrons. The Morgan fingerprint density at radius 2 is 1.88 bits per heavy atom. The maximum Gasteiger partial charge on any atom is 0.140 e. The quantitative estimate of drug-likeness (QED) is 0.788. The molecule has 0 N–H and O–H groups in total. The van der Waals surface area contributed by atoms with Gasteiger partial charge >= 0.3 is 0 Å². The topological polar surface area (TPSA) is 41.6 Å². The van der Waals surface area contributed by atoms with Gasteiger partial charge in [0.2, 0.25) is 0 Å². The lowest BCUT2D eigenvalue weighted by molar-refractivity contribution is 0.879. The Morgan fingerprint density at radius 1 is 1.24 bits per heavy atom. The number of nitrogens with zero attached hydrogens (tertiary/aromatic N) is 3. The van der Waals surface area contributed by atoms with Crippen LogP contribution in [0.25, 0.3) is 11.4 Å². The molecule has 17 heavy (non-hydrogen) atoms. The summed E-state index contributed by atoms with van der Waals surface area (Å²) in [4.78, 5) is 4.54. The highest BCUT2D eigenvalue weighted by Gasteiger charge is 2.11. The summed E-state index contributed by atoms with van der Waals surface area (Å²) in [5.74, 6) is 0.924. The summed E-state index contributed by atoms with van der Waals surface area (Å²) in [5, 5.41) is 8.75. The van der Waals surface area contributed by atoms with E-state index in [2.05, 4.69) is 42.2 Å². The fraction of sp³-hybridized carbons (Fsp3) is 0.286. The van der Waals surface area contributed by atoms with Crippen molar-refractivity contribution in [1.29, 1.82) is 5.26 Å². The normalized spacial score (nSPS) is 10.2. The largest absolute Gasteiger partial charge is 0.331 e. The molecular formula is C14H15N3. The number of aryl methyl sites for hydroxylation is 1. The molecular weight excluding hydrogens is 210 g/mol. The van der Waals surface area contributed by atoms with E-state index in [-0.39, 0.29) is 0 Å². The average molecular weight is 225 g/mol. The van der Waals surface area contributed by atoms with Crippen LogP contribution in [-0.2, 0) is 13.5 Å². The van der Waals surface area contributed by atoms with Gasteiger partial charge in [-0.3, -0.25) is 0 Å². The van der Waals surface area contributed by atoms with Crippen molar-refractivity contribution in [3.8, 4) is 17.5 Å². The van der Waals surface area contributed by atoms with Crippen molar-refractivity contribution in [2.45, 2.75) is 20.3 Å². The van der Waals surface area contributed by atoms with Gasteiger partial charge in [-0.15, -0.1) is 0 Å². The maximum atomic E-state index is 8.75. The Morgan fingerprint density at radius 3 is 2.47 bits per heavy atom. The number of hydrogen-bond acceptors (Lipinski definition) is 2. The van der Waals surface area contributed by atoms with Crippen LogP contribution in [0, 0.1) is 25.2 Å². The molecule has 0 fully saturated rings. The standard InChI is InChI=1S/C14H15N3/c1-10-4-6-12(7-5-10)14-16-13(8-9-15)11(2)17(14)3/h4-7H,8H2,1-3H3. The molecule has 3 nitrogen and oxygen atoms in total. The predicted molar refractivity (Wildman–Crippen MR) is 67.4 cm³/mol. The maximum absolute atomic E-state index is 8.75. The molecule has 0 atom stereocenters. The number of hydrogen-bond donors (Lipinski definition) is 0. The Labute approximate surface area is 101 Å². The minimum atomic E-state index is 0.367. The summed E-state index contributed by atoms with van der Waals surface area (Å²) >= 11 is 0. The van der Waals surface area contributed by atoms with Gasteiger partial charge in [0.05, 0.1) is 18.2 Å². The molecule has 0 aliphatic carbocycles. The minimum absolute atomic E-state index is 0.367. The average Bonchev–Trinajstić information content (AvgIpc) is 2.59. The van der Waals surface area contributed by atoms with E-state index in [1.165, 1.54) is 5.56 Å². The SMILES string of the molecule is Cc1ccc(-c2nc(CC#N)c(C)n2C)cc1. The zero-order chi connectivity index (χ0) is 12.4. The molecule has 0 amide bonds. The molecule has 1 aromatic carbocycles. The van der Waals surface area contributed by atoms with Crippen molar-refractivity contribution in [2.75, 3.05) is 0 Å². The minimum Gasteiger partial charge on any atom is -0.331 e. The van der Waals surface area contributed by atoms with Crippen LogP contribution < -0.4 is 0 Å². The van der Waals surface area contributed by atoms with Gasteiger partial charge in [0, 0.05) is 18.3 Å². The second kappa shape index (κ2) is 4.42. The van der Waals surface area contributed by atoms with Crippen molar-refractivity contribution in [2.24, 2.45) is 7.05 Å². The first-order valence-electron chi connectivity index (χ1n) is 5.59. The van der Waals surface area contributed by atoms with Gasteiger partial charge in [-0.2, -0.15) is 5.26 Å². The lowest BCUT2D eigenvalue weighted by atomic mass is 10.1. The summed E-state index contributed by atoms with van der Waals surface area (Å²) in [6, 6.07) is 10.4. The highest BCUT2D eigenvalue weighted by atomic mass is 15.1. The molecule has 0 aliphatic rings. The van der Waals surface area contributed by atoms with E-state index in [9.17, 15) is 0 Å². The van der Waals surface area contributed by atoms with E-state index in [0.717, 1.165) is 22.8 Å². The van der Waals surface area contributed by atoms with E-state index in [1.54, 1.807) is 0 Å².